The molecule has 5 nitrogen and oxygen atoms in total. The van der Waals surface area contributed by atoms with E-state index in [1.165, 1.54) is 0 Å². The Balaban J connectivity index is 1.59. The molecule has 2 atom stereocenters. The zero-order valence-electron chi connectivity index (χ0n) is 12.7. The van der Waals surface area contributed by atoms with Gasteiger partial charge >= 0.3 is 0 Å². The first kappa shape index (κ1) is 14.9. The van der Waals surface area contributed by atoms with Gasteiger partial charge in [0, 0.05) is 36.6 Å². The Labute approximate surface area is 134 Å². The van der Waals surface area contributed by atoms with Crippen molar-refractivity contribution in [2.75, 3.05) is 0 Å². The molecule has 0 saturated carbocycles. The minimum atomic E-state index is 0.295. The summed E-state index contributed by atoms with van der Waals surface area (Å²) in [4.78, 5) is 8.98. The maximum Gasteiger partial charge on any atom is 0.142 e. The molecule has 6 heteroatoms. The molecule has 0 aromatic carbocycles. The summed E-state index contributed by atoms with van der Waals surface area (Å²) in [6, 6.07) is 8.43. The molecule has 3 heterocycles. The average Bonchev–Trinajstić information content (AvgIpc) is 3.24. The monoisotopic (exact) mass is 313 g/mol. The van der Waals surface area contributed by atoms with Gasteiger partial charge in [0.1, 0.15) is 5.01 Å². The Morgan fingerprint density at radius 3 is 2.86 bits per heavy atom. The van der Waals surface area contributed by atoms with Crippen molar-refractivity contribution < 1.29 is 0 Å². The van der Waals surface area contributed by atoms with Crippen LogP contribution in [0.3, 0.4) is 0 Å². The van der Waals surface area contributed by atoms with Gasteiger partial charge in [-0.3, -0.25) is 9.67 Å². The molecule has 1 N–H and O–H groups in total. The number of nitrogens with one attached hydrogen (secondary N) is 1. The topological polar surface area (TPSA) is 55.6 Å². The highest BCUT2D eigenvalue weighted by Crippen LogP contribution is 2.21. The van der Waals surface area contributed by atoms with Gasteiger partial charge in [-0.05, 0) is 32.0 Å². The quantitative estimate of drug-likeness (QED) is 0.759. The van der Waals surface area contributed by atoms with Crippen molar-refractivity contribution in [3.8, 4) is 10.7 Å². The molecule has 0 amide bonds. The average molecular weight is 313 g/mol. The molecule has 3 aromatic rings. The molecule has 3 rings (SSSR count). The fraction of sp³-hybridized carbons (Fsp3) is 0.312. The molecule has 0 fully saturated rings. The molecule has 22 heavy (non-hydrogen) atoms. The third kappa shape index (κ3) is 3.40. The summed E-state index contributed by atoms with van der Waals surface area (Å²) in [5.74, 6) is 0. The second-order valence-electron chi connectivity index (χ2n) is 5.26. The van der Waals surface area contributed by atoms with Crippen LogP contribution in [0.5, 0.6) is 0 Å². The highest BCUT2D eigenvalue weighted by Gasteiger charge is 2.14. The van der Waals surface area contributed by atoms with E-state index in [2.05, 4.69) is 39.6 Å². The zero-order valence-corrected chi connectivity index (χ0v) is 13.5. The highest BCUT2D eigenvalue weighted by atomic mass is 32.1. The lowest BCUT2D eigenvalue weighted by molar-refractivity contribution is 0.364. The van der Waals surface area contributed by atoms with Crippen LogP contribution in [0.15, 0.2) is 48.2 Å². The molecular formula is C16H19N5S. The summed E-state index contributed by atoms with van der Waals surface area (Å²) in [6.07, 6.45) is 5.59. The smallest absolute Gasteiger partial charge is 0.142 e. The van der Waals surface area contributed by atoms with Gasteiger partial charge in [0.05, 0.1) is 17.4 Å². The first-order chi connectivity index (χ1) is 10.7. The molecule has 0 bridgehead atoms. The van der Waals surface area contributed by atoms with E-state index in [1.54, 1.807) is 17.5 Å². The van der Waals surface area contributed by atoms with Crippen molar-refractivity contribution in [3.63, 3.8) is 0 Å². The largest absolute Gasteiger partial charge is 0.306 e. The fourth-order valence-corrected chi connectivity index (χ4v) is 2.98. The van der Waals surface area contributed by atoms with E-state index in [0.29, 0.717) is 12.1 Å². The molecule has 114 valence electrons. The third-order valence-corrected chi connectivity index (χ3v) is 4.62. The number of hydrogen-bond acceptors (Lipinski definition) is 5. The van der Waals surface area contributed by atoms with E-state index in [0.717, 1.165) is 22.9 Å². The minimum absolute atomic E-state index is 0.295. The van der Waals surface area contributed by atoms with Gasteiger partial charge in [-0.1, -0.05) is 6.07 Å². The predicted octanol–water partition coefficient (Wildman–Crippen LogP) is 3.14. The van der Waals surface area contributed by atoms with E-state index >= 15 is 0 Å². The first-order valence-electron chi connectivity index (χ1n) is 7.32. The van der Waals surface area contributed by atoms with Gasteiger partial charge in [-0.25, -0.2) is 4.98 Å². The maximum atomic E-state index is 4.65. The van der Waals surface area contributed by atoms with E-state index in [9.17, 15) is 0 Å². The van der Waals surface area contributed by atoms with Crippen molar-refractivity contribution in [2.24, 2.45) is 0 Å². The molecule has 0 unspecified atom stereocenters. The molecule has 0 aliphatic carbocycles. The van der Waals surface area contributed by atoms with Crippen LogP contribution in [-0.4, -0.2) is 25.8 Å². The van der Waals surface area contributed by atoms with Crippen LogP contribution in [0.1, 0.15) is 25.6 Å². The number of nitrogens with zero attached hydrogens (tertiary/aromatic N) is 4. The lowest BCUT2D eigenvalue weighted by atomic mass is 10.2. The van der Waals surface area contributed by atoms with Crippen LogP contribution in [0.25, 0.3) is 10.7 Å². The van der Waals surface area contributed by atoms with E-state index in [4.69, 9.17) is 0 Å². The molecule has 0 saturated heterocycles. The van der Waals surface area contributed by atoms with Gasteiger partial charge in [-0.15, -0.1) is 11.3 Å². The predicted molar refractivity (Wildman–Crippen MR) is 88.6 cm³/mol. The summed E-state index contributed by atoms with van der Waals surface area (Å²) >= 11 is 1.63. The minimum Gasteiger partial charge on any atom is -0.306 e. The number of pyridine rings is 1. The fourth-order valence-electron chi connectivity index (χ4n) is 2.18. The van der Waals surface area contributed by atoms with Crippen LogP contribution < -0.4 is 5.32 Å². The van der Waals surface area contributed by atoms with E-state index < -0.39 is 0 Å². The number of rotatable bonds is 6. The second-order valence-corrected chi connectivity index (χ2v) is 6.11. The van der Waals surface area contributed by atoms with Crippen LogP contribution in [-0.2, 0) is 6.54 Å². The Morgan fingerprint density at radius 2 is 2.14 bits per heavy atom. The van der Waals surface area contributed by atoms with E-state index in [-0.39, 0.29) is 0 Å². The lowest BCUT2D eigenvalue weighted by Gasteiger charge is -2.21. The van der Waals surface area contributed by atoms with Crippen LogP contribution in [0, 0.1) is 0 Å². The zero-order chi connectivity index (χ0) is 15.4. The van der Waals surface area contributed by atoms with Gasteiger partial charge < -0.3 is 5.32 Å². The van der Waals surface area contributed by atoms with Gasteiger partial charge in [0.15, 0.2) is 0 Å². The normalized spacial score (nSPS) is 13.9. The third-order valence-electron chi connectivity index (χ3n) is 3.71. The van der Waals surface area contributed by atoms with Gasteiger partial charge in [0.2, 0.25) is 0 Å². The van der Waals surface area contributed by atoms with Crippen molar-refractivity contribution in [1.29, 1.82) is 0 Å². The summed E-state index contributed by atoms with van der Waals surface area (Å²) < 4.78 is 1.97. The van der Waals surface area contributed by atoms with Crippen LogP contribution in [0.2, 0.25) is 0 Å². The molecule has 0 aliphatic heterocycles. The van der Waals surface area contributed by atoms with Crippen LogP contribution in [0.4, 0.5) is 0 Å². The Kier molecular flexibility index (Phi) is 4.60. The van der Waals surface area contributed by atoms with Crippen molar-refractivity contribution in [2.45, 2.75) is 32.5 Å². The molecule has 0 aliphatic rings. The van der Waals surface area contributed by atoms with Crippen molar-refractivity contribution in [3.05, 3.63) is 53.9 Å². The SMILES string of the molecule is C[C@H](NCc1csc(-c2ccccn2)n1)[C@@H](C)n1cccn1. The Morgan fingerprint density at radius 1 is 1.23 bits per heavy atom. The number of hydrogen-bond donors (Lipinski definition) is 1. The first-order valence-corrected chi connectivity index (χ1v) is 8.20. The second kappa shape index (κ2) is 6.81. The summed E-state index contributed by atoms with van der Waals surface area (Å²) in [5.41, 5.74) is 1.97. The summed E-state index contributed by atoms with van der Waals surface area (Å²) in [7, 11) is 0. The maximum absolute atomic E-state index is 4.65. The molecule has 0 radical (unpaired) electrons. The Hall–Kier alpha value is -2.05. The molecular weight excluding hydrogens is 294 g/mol. The summed E-state index contributed by atoms with van der Waals surface area (Å²) in [6.45, 7) is 5.07. The summed E-state index contributed by atoms with van der Waals surface area (Å²) in [5, 5.41) is 10.9. The molecule has 3 aromatic heterocycles. The number of aromatic nitrogens is 4. The number of thiazole rings is 1. The lowest BCUT2D eigenvalue weighted by Crippen LogP contribution is -2.33. The van der Waals surface area contributed by atoms with Gasteiger partial charge in [0.25, 0.3) is 0 Å². The van der Waals surface area contributed by atoms with Crippen molar-refractivity contribution in [1.82, 2.24) is 25.1 Å². The highest BCUT2D eigenvalue weighted by molar-refractivity contribution is 7.13. The Bertz CT molecular complexity index is 692. The van der Waals surface area contributed by atoms with Crippen LogP contribution >= 0.6 is 11.3 Å². The van der Waals surface area contributed by atoms with E-state index in [1.807, 2.05) is 41.3 Å². The standard InChI is InChI=1S/C16H19N5S/c1-12(13(2)21-9-5-8-19-21)18-10-14-11-22-16(20-14)15-6-3-4-7-17-15/h3-9,11-13,18H,10H2,1-2H3/t12-,13+/m0/s1. The molecule has 0 spiro atoms. The van der Waals surface area contributed by atoms with Crippen molar-refractivity contribution >= 4 is 11.3 Å². The van der Waals surface area contributed by atoms with Gasteiger partial charge in [-0.2, -0.15) is 5.10 Å².